The van der Waals surface area contributed by atoms with Crippen LogP contribution in [0, 0.1) is 12.7 Å². The molecule has 0 radical (unpaired) electrons. The second-order valence-corrected chi connectivity index (χ2v) is 4.20. The summed E-state index contributed by atoms with van der Waals surface area (Å²) in [5.41, 5.74) is 1.38. The van der Waals surface area contributed by atoms with E-state index in [0.29, 0.717) is 23.7 Å². The van der Waals surface area contributed by atoms with Crippen LogP contribution in [0.4, 0.5) is 4.39 Å². The number of aryl methyl sites for hydroxylation is 1. The molecule has 0 bridgehead atoms. The maximum absolute atomic E-state index is 13.4. The van der Waals surface area contributed by atoms with Gasteiger partial charge in [-0.2, -0.15) is 0 Å². The summed E-state index contributed by atoms with van der Waals surface area (Å²) < 4.78 is 18.3. The Kier molecular flexibility index (Phi) is 3.76. The van der Waals surface area contributed by atoms with Crippen molar-refractivity contribution in [1.82, 2.24) is 10.5 Å². The summed E-state index contributed by atoms with van der Waals surface area (Å²) in [5.74, 6) is 0.459. The first-order chi connectivity index (χ1) is 8.15. The normalized spacial score (nSPS) is 10.8. The Morgan fingerprint density at radius 3 is 2.82 bits per heavy atom. The van der Waals surface area contributed by atoms with Crippen LogP contribution in [0.15, 0.2) is 28.8 Å². The second-order valence-electron chi connectivity index (χ2n) is 3.77. The van der Waals surface area contributed by atoms with E-state index in [-0.39, 0.29) is 5.82 Å². The van der Waals surface area contributed by atoms with Gasteiger partial charge in [0, 0.05) is 29.7 Å². The number of benzene rings is 1. The fourth-order valence-corrected chi connectivity index (χ4v) is 1.65. The minimum atomic E-state index is -0.304. The van der Waals surface area contributed by atoms with E-state index in [1.807, 2.05) is 13.0 Å². The summed E-state index contributed by atoms with van der Waals surface area (Å²) in [6.07, 6.45) is 0. The summed E-state index contributed by atoms with van der Waals surface area (Å²) in [5, 5.41) is 7.32. The molecule has 1 heterocycles. The van der Waals surface area contributed by atoms with E-state index < -0.39 is 0 Å². The summed E-state index contributed by atoms with van der Waals surface area (Å²) in [6.45, 7) is 2.80. The highest BCUT2D eigenvalue weighted by Crippen LogP contribution is 2.14. The van der Waals surface area contributed by atoms with Crippen LogP contribution in [0.2, 0.25) is 5.02 Å². The summed E-state index contributed by atoms with van der Waals surface area (Å²) in [6, 6.07) is 6.48. The molecular formula is C12H12ClFN2O. The van der Waals surface area contributed by atoms with Gasteiger partial charge < -0.3 is 9.84 Å². The van der Waals surface area contributed by atoms with E-state index in [0.717, 1.165) is 11.5 Å². The summed E-state index contributed by atoms with van der Waals surface area (Å²) in [4.78, 5) is 0. The van der Waals surface area contributed by atoms with Crippen LogP contribution < -0.4 is 5.32 Å². The lowest BCUT2D eigenvalue weighted by Gasteiger charge is -2.04. The number of nitrogens with one attached hydrogen (secondary N) is 1. The van der Waals surface area contributed by atoms with E-state index in [1.165, 1.54) is 6.07 Å². The van der Waals surface area contributed by atoms with Crippen LogP contribution in [0.1, 0.15) is 17.0 Å². The van der Waals surface area contributed by atoms with Gasteiger partial charge in [0.05, 0.1) is 5.69 Å². The topological polar surface area (TPSA) is 38.1 Å². The fraction of sp³-hybridized carbons (Fsp3) is 0.250. The maximum Gasteiger partial charge on any atom is 0.133 e. The van der Waals surface area contributed by atoms with Gasteiger partial charge in [-0.05, 0) is 19.1 Å². The predicted octanol–water partition coefficient (Wildman–Crippen LogP) is 3.07. The monoisotopic (exact) mass is 254 g/mol. The van der Waals surface area contributed by atoms with Crippen molar-refractivity contribution in [2.75, 3.05) is 0 Å². The molecule has 1 aromatic heterocycles. The maximum atomic E-state index is 13.4. The Balaban J connectivity index is 1.90. The summed E-state index contributed by atoms with van der Waals surface area (Å²) in [7, 11) is 0. The Bertz CT molecular complexity index is 513. The van der Waals surface area contributed by atoms with Gasteiger partial charge in [-0.15, -0.1) is 0 Å². The molecule has 0 aliphatic heterocycles. The van der Waals surface area contributed by atoms with Crippen LogP contribution in [-0.2, 0) is 13.1 Å². The lowest BCUT2D eigenvalue weighted by molar-refractivity contribution is 0.388. The number of hydrogen-bond donors (Lipinski definition) is 1. The van der Waals surface area contributed by atoms with Crippen molar-refractivity contribution in [3.8, 4) is 0 Å². The van der Waals surface area contributed by atoms with Gasteiger partial charge in [0.1, 0.15) is 11.6 Å². The van der Waals surface area contributed by atoms with Gasteiger partial charge in [0.15, 0.2) is 0 Å². The van der Waals surface area contributed by atoms with Crippen LogP contribution in [-0.4, -0.2) is 5.16 Å². The third-order valence-corrected chi connectivity index (χ3v) is 2.55. The third kappa shape index (κ3) is 3.28. The Morgan fingerprint density at radius 1 is 1.35 bits per heavy atom. The van der Waals surface area contributed by atoms with E-state index in [2.05, 4.69) is 10.5 Å². The zero-order valence-corrected chi connectivity index (χ0v) is 10.1. The highest BCUT2D eigenvalue weighted by Gasteiger charge is 2.04. The number of rotatable bonds is 4. The molecule has 1 aromatic carbocycles. The Labute approximate surface area is 104 Å². The van der Waals surface area contributed by atoms with Crippen molar-refractivity contribution in [3.05, 3.63) is 52.1 Å². The van der Waals surface area contributed by atoms with Crippen molar-refractivity contribution < 1.29 is 8.91 Å². The Hall–Kier alpha value is -1.39. The quantitative estimate of drug-likeness (QED) is 0.911. The zero-order valence-electron chi connectivity index (χ0n) is 9.34. The van der Waals surface area contributed by atoms with E-state index in [1.54, 1.807) is 12.1 Å². The van der Waals surface area contributed by atoms with Crippen molar-refractivity contribution in [1.29, 1.82) is 0 Å². The van der Waals surface area contributed by atoms with E-state index >= 15 is 0 Å². The number of hydrogen-bond acceptors (Lipinski definition) is 3. The first-order valence-electron chi connectivity index (χ1n) is 5.22. The minimum Gasteiger partial charge on any atom is -0.361 e. The molecule has 0 fully saturated rings. The standard InChI is InChI=1S/C12H12ClFN2O/c1-8-4-11(16-17-8)7-15-6-9-2-3-10(13)5-12(9)14/h2-5,15H,6-7H2,1H3. The van der Waals surface area contributed by atoms with Crippen LogP contribution in [0.25, 0.3) is 0 Å². The molecule has 3 nitrogen and oxygen atoms in total. The van der Waals surface area contributed by atoms with Crippen molar-refractivity contribution in [2.45, 2.75) is 20.0 Å². The molecule has 2 aromatic rings. The molecule has 0 spiro atoms. The molecular weight excluding hydrogens is 243 g/mol. The molecule has 0 saturated heterocycles. The molecule has 2 rings (SSSR count). The second kappa shape index (κ2) is 5.29. The molecule has 0 amide bonds. The van der Waals surface area contributed by atoms with Gasteiger partial charge in [0.25, 0.3) is 0 Å². The number of aromatic nitrogens is 1. The fourth-order valence-electron chi connectivity index (χ4n) is 1.49. The third-order valence-electron chi connectivity index (χ3n) is 2.31. The van der Waals surface area contributed by atoms with Crippen LogP contribution >= 0.6 is 11.6 Å². The number of halogens is 2. The largest absolute Gasteiger partial charge is 0.361 e. The van der Waals surface area contributed by atoms with Gasteiger partial charge in [-0.3, -0.25) is 0 Å². The van der Waals surface area contributed by atoms with Gasteiger partial charge in [-0.1, -0.05) is 22.8 Å². The zero-order chi connectivity index (χ0) is 12.3. The molecule has 5 heteroatoms. The highest BCUT2D eigenvalue weighted by molar-refractivity contribution is 6.30. The first kappa shape index (κ1) is 12.1. The molecule has 0 saturated carbocycles. The molecule has 0 unspecified atom stereocenters. The van der Waals surface area contributed by atoms with Crippen LogP contribution in [0.5, 0.6) is 0 Å². The molecule has 17 heavy (non-hydrogen) atoms. The van der Waals surface area contributed by atoms with E-state index in [9.17, 15) is 4.39 Å². The molecule has 0 aliphatic rings. The predicted molar refractivity (Wildman–Crippen MR) is 63.2 cm³/mol. The minimum absolute atomic E-state index is 0.304. The molecule has 0 atom stereocenters. The van der Waals surface area contributed by atoms with Gasteiger partial charge in [-0.25, -0.2) is 4.39 Å². The van der Waals surface area contributed by atoms with E-state index in [4.69, 9.17) is 16.1 Å². The van der Waals surface area contributed by atoms with Gasteiger partial charge in [0.2, 0.25) is 0 Å². The summed E-state index contributed by atoms with van der Waals surface area (Å²) >= 11 is 5.67. The number of nitrogens with zero attached hydrogens (tertiary/aromatic N) is 1. The van der Waals surface area contributed by atoms with Crippen molar-refractivity contribution in [2.24, 2.45) is 0 Å². The van der Waals surface area contributed by atoms with Crippen LogP contribution in [0.3, 0.4) is 0 Å². The molecule has 0 aliphatic carbocycles. The SMILES string of the molecule is Cc1cc(CNCc2ccc(Cl)cc2F)no1. The first-order valence-corrected chi connectivity index (χ1v) is 5.60. The average Bonchev–Trinajstić information content (AvgIpc) is 2.68. The average molecular weight is 255 g/mol. The Morgan fingerprint density at radius 2 is 2.18 bits per heavy atom. The molecule has 90 valence electrons. The van der Waals surface area contributed by atoms with Crippen molar-refractivity contribution in [3.63, 3.8) is 0 Å². The highest BCUT2D eigenvalue weighted by atomic mass is 35.5. The molecule has 1 N–H and O–H groups in total. The lowest BCUT2D eigenvalue weighted by Crippen LogP contribution is -2.13. The van der Waals surface area contributed by atoms with Gasteiger partial charge >= 0.3 is 0 Å². The van der Waals surface area contributed by atoms with Crippen molar-refractivity contribution >= 4 is 11.6 Å². The smallest absolute Gasteiger partial charge is 0.133 e. The lowest BCUT2D eigenvalue weighted by atomic mass is 10.2.